The largest absolute Gasteiger partial charge is 0.493 e. The molecule has 1 aromatic rings. The molecule has 0 N–H and O–H groups in total. The van der Waals surface area contributed by atoms with Crippen molar-refractivity contribution in [3.05, 3.63) is 22.7 Å². The van der Waals surface area contributed by atoms with Gasteiger partial charge >= 0.3 is 0 Å². The molecule has 0 radical (unpaired) electrons. The van der Waals surface area contributed by atoms with Crippen LogP contribution in [0.2, 0.25) is 5.02 Å². The average molecular weight is 336 g/mol. The summed E-state index contributed by atoms with van der Waals surface area (Å²) in [6, 6.07) is 3.68. The Morgan fingerprint density at radius 3 is 2.56 bits per heavy atom. The van der Waals surface area contributed by atoms with Crippen LogP contribution >= 0.6 is 27.5 Å². The Morgan fingerprint density at radius 1 is 1.33 bits per heavy atom. The van der Waals surface area contributed by atoms with Gasteiger partial charge in [-0.2, -0.15) is 0 Å². The lowest BCUT2D eigenvalue weighted by molar-refractivity contribution is 0.110. The Kier molecular flexibility index (Phi) is 4.76. The molecule has 100 valence electrons. The predicted octanol–water partition coefficient (Wildman–Crippen LogP) is 3.97. The van der Waals surface area contributed by atoms with Crippen LogP contribution in [-0.2, 0) is 4.74 Å². The zero-order valence-corrected chi connectivity index (χ0v) is 12.8. The van der Waals surface area contributed by atoms with Crippen LogP contribution in [0.5, 0.6) is 11.5 Å². The summed E-state index contributed by atoms with van der Waals surface area (Å²) in [5.74, 6) is 1.32. The molecule has 1 heterocycles. The lowest BCUT2D eigenvalue weighted by Crippen LogP contribution is -2.13. The molecule has 0 bridgehead atoms. The first-order valence-corrected chi connectivity index (χ1v) is 7.13. The van der Waals surface area contributed by atoms with Gasteiger partial charge in [0.1, 0.15) is 0 Å². The third-order valence-corrected chi connectivity index (χ3v) is 4.50. The Hall–Kier alpha value is -0.450. The van der Waals surface area contributed by atoms with E-state index in [-0.39, 0.29) is 10.9 Å². The van der Waals surface area contributed by atoms with Crippen LogP contribution in [0, 0.1) is 0 Å². The van der Waals surface area contributed by atoms with Crippen LogP contribution in [0.3, 0.4) is 0 Å². The number of hydrogen-bond acceptors (Lipinski definition) is 3. The minimum atomic E-state index is 0.0762. The number of hydrogen-bond donors (Lipinski definition) is 0. The van der Waals surface area contributed by atoms with Gasteiger partial charge in [-0.25, -0.2) is 0 Å². The maximum atomic E-state index is 6.29. The molecule has 18 heavy (non-hydrogen) atoms. The molecule has 2 unspecified atom stereocenters. The fourth-order valence-electron chi connectivity index (χ4n) is 2.11. The maximum Gasteiger partial charge on any atom is 0.162 e. The number of methoxy groups -OCH3 is 2. The molecule has 1 fully saturated rings. The fraction of sp³-hybridized carbons (Fsp3) is 0.538. The van der Waals surface area contributed by atoms with E-state index in [4.69, 9.17) is 25.8 Å². The molecule has 0 aromatic heterocycles. The van der Waals surface area contributed by atoms with Crippen molar-refractivity contribution in [1.29, 1.82) is 0 Å². The van der Waals surface area contributed by atoms with Gasteiger partial charge in [-0.05, 0) is 24.5 Å². The summed E-state index contributed by atoms with van der Waals surface area (Å²) in [5.41, 5.74) is 0.973. The molecular weight excluding hydrogens is 319 g/mol. The van der Waals surface area contributed by atoms with Crippen molar-refractivity contribution in [1.82, 2.24) is 0 Å². The van der Waals surface area contributed by atoms with Gasteiger partial charge in [-0.1, -0.05) is 27.5 Å². The summed E-state index contributed by atoms with van der Waals surface area (Å²) >= 11 is 9.96. The predicted molar refractivity (Wildman–Crippen MR) is 75.2 cm³/mol. The van der Waals surface area contributed by atoms with Crippen molar-refractivity contribution in [3.63, 3.8) is 0 Å². The quantitative estimate of drug-likeness (QED) is 0.779. The second-order valence-electron chi connectivity index (χ2n) is 4.18. The van der Waals surface area contributed by atoms with Crippen LogP contribution in [0.1, 0.15) is 23.2 Å². The van der Waals surface area contributed by atoms with Crippen LogP contribution in [0.15, 0.2) is 12.1 Å². The number of alkyl halides is 1. The van der Waals surface area contributed by atoms with E-state index in [2.05, 4.69) is 15.9 Å². The van der Waals surface area contributed by atoms with Crippen molar-refractivity contribution in [2.45, 2.75) is 23.8 Å². The topological polar surface area (TPSA) is 27.7 Å². The molecular formula is C13H16BrClO3. The zero-order chi connectivity index (χ0) is 13.1. The van der Waals surface area contributed by atoms with Gasteiger partial charge in [0.2, 0.25) is 0 Å². The van der Waals surface area contributed by atoms with Gasteiger partial charge in [0.05, 0.1) is 25.2 Å². The number of ether oxygens (including phenoxy) is 3. The Labute approximate surface area is 120 Å². The second kappa shape index (κ2) is 6.13. The van der Waals surface area contributed by atoms with Crippen molar-refractivity contribution in [2.24, 2.45) is 0 Å². The summed E-state index contributed by atoms with van der Waals surface area (Å²) < 4.78 is 16.2. The van der Waals surface area contributed by atoms with Gasteiger partial charge in [0.25, 0.3) is 0 Å². The highest BCUT2D eigenvalue weighted by Gasteiger charge is 2.27. The summed E-state index contributed by atoms with van der Waals surface area (Å²) in [6.07, 6.45) is 2.30. The Morgan fingerprint density at radius 2 is 2.00 bits per heavy atom. The molecule has 1 saturated heterocycles. The van der Waals surface area contributed by atoms with Gasteiger partial charge in [-0.3, -0.25) is 0 Å². The third kappa shape index (κ3) is 2.76. The third-order valence-electron chi connectivity index (χ3n) is 3.09. The van der Waals surface area contributed by atoms with E-state index in [9.17, 15) is 0 Å². The summed E-state index contributed by atoms with van der Waals surface area (Å²) in [5, 5.41) is 0.657. The molecule has 0 aliphatic carbocycles. The first-order chi connectivity index (χ1) is 8.67. The molecule has 1 aliphatic rings. The van der Waals surface area contributed by atoms with Crippen LogP contribution in [0.25, 0.3) is 0 Å². The highest BCUT2D eigenvalue weighted by Crippen LogP contribution is 2.42. The van der Waals surface area contributed by atoms with Gasteiger partial charge in [0.15, 0.2) is 11.5 Å². The molecule has 0 amide bonds. The molecule has 3 nitrogen and oxygen atoms in total. The van der Waals surface area contributed by atoms with Crippen LogP contribution in [-0.4, -0.2) is 26.9 Å². The normalized spacial score (nSPS) is 20.8. The van der Waals surface area contributed by atoms with E-state index >= 15 is 0 Å². The van der Waals surface area contributed by atoms with E-state index in [0.29, 0.717) is 16.5 Å². The lowest BCUT2D eigenvalue weighted by atomic mass is 10.0. The average Bonchev–Trinajstić information content (AvgIpc) is 2.91. The minimum Gasteiger partial charge on any atom is -0.493 e. The molecule has 5 heteroatoms. The number of halogens is 2. The van der Waals surface area contributed by atoms with Crippen LogP contribution < -0.4 is 9.47 Å². The number of benzene rings is 1. The molecule has 0 saturated carbocycles. The van der Waals surface area contributed by atoms with Gasteiger partial charge in [-0.15, -0.1) is 0 Å². The van der Waals surface area contributed by atoms with Gasteiger partial charge < -0.3 is 14.2 Å². The summed E-state index contributed by atoms with van der Waals surface area (Å²) in [6.45, 7) is 0.817. The number of rotatable bonds is 4. The lowest BCUT2D eigenvalue weighted by Gasteiger charge is -2.20. The highest BCUT2D eigenvalue weighted by molar-refractivity contribution is 9.09. The monoisotopic (exact) mass is 334 g/mol. The van der Waals surface area contributed by atoms with Crippen molar-refractivity contribution >= 4 is 27.5 Å². The Bertz CT molecular complexity index is 419. The van der Waals surface area contributed by atoms with Crippen molar-refractivity contribution in [2.75, 3.05) is 20.8 Å². The fourth-order valence-corrected chi connectivity index (χ4v) is 3.31. The Balaban J connectivity index is 2.31. The second-order valence-corrected chi connectivity index (χ2v) is 5.58. The van der Waals surface area contributed by atoms with Gasteiger partial charge in [0, 0.05) is 17.7 Å². The highest BCUT2D eigenvalue weighted by atomic mass is 79.9. The molecule has 2 atom stereocenters. The van der Waals surface area contributed by atoms with E-state index in [0.717, 1.165) is 25.0 Å². The SMILES string of the molecule is COc1cc(Cl)c(C(Br)C2CCCO2)cc1OC. The smallest absolute Gasteiger partial charge is 0.162 e. The summed E-state index contributed by atoms with van der Waals surface area (Å²) in [4.78, 5) is 0.0762. The van der Waals surface area contributed by atoms with Crippen molar-refractivity contribution in [3.8, 4) is 11.5 Å². The standard InChI is InChI=1S/C13H16BrClO3/c1-16-11-6-8(9(15)7-12(11)17-2)13(14)10-4-3-5-18-10/h6-7,10,13H,3-5H2,1-2H3. The minimum absolute atomic E-state index is 0.0762. The van der Waals surface area contributed by atoms with E-state index in [1.165, 1.54) is 0 Å². The van der Waals surface area contributed by atoms with E-state index in [1.807, 2.05) is 6.07 Å². The van der Waals surface area contributed by atoms with E-state index < -0.39 is 0 Å². The zero-order valence-electron chi connectivity index (χ0n) is 10.4. The van der Waals surface area contributed by atoms with Crippen molar-refractivity contribution < 1.29 is 14.2 Å². The molecule has 2 rings (SSSR count). The summed E-state index contributed by atoms with van der Waals surface area (Å²) in [7, 11) is 3.21. The first kappa shape index (κ1) is 14.0. The molecule has 0 spiro atoms. The van der Waals surface area contributed by atoms with Crippen LogP contribution in [0.4, 0.5) is 0 Å². The first-order valence-electron chi connectivity index (χ1n) is 5.84. The molecule has 1 aromatic carbocycles. The van der Waals surface area contributed by atoms with E-state index in [1.54, 1.807) is 20.3 Å². The maximum absolute atomic E-state index is 6.29. The molecule has 1 aliphatic heterocycles.